The van der Waals surface area contributed by atoms with Gasteiger partial charge in [0.15, 0.2) is 0 Å². The van der Waals surface area contributed by atoms with E-state index in [1.807, 2.05) is 0 Å². The van der Waals surface area contributed by atoms with Crippen molar-refractivity contribution in [3.05, 3.63) is 0 Å². The number of halogens is 1. The Kier molecular flexibility index (Phi) is 5.69. The molecule has 0 aromatic carbocycles. The minimum Gasteiger partial charge on any atom is -0.354 e. The lowest BCUT2D eigenvalue weighted by Crippen LogP contribution is -2.59. The molecule has 3 N–H and O–H groups in total. The van der Waals surface area contributed by atoms with Gasteiger partial charge in [0.05, 0.1) is 5.54 Å². The summed E-state index contributed by atoms with van der Waals surface area (Å²) in [5, 5.41) is 3.15. The molecule has 0 unspecified atom stereocenters. The summed E-state index contributed by atoms with van der Waals surface area (Å²) in [6.45, 7) is 5.39. The third-order valence-electron chi connectivity index (χ3n) is 4.83. The Balaban J connectivity index is 0.00000180. The van der Waals surface area contributed by atoms with Crippen LogP contribution in [0.3, 0.4) is 0 Å². The Morgan fingerprint density at radius 3 is 2.16 bits per heavy atom. The van der Waals surface area contributed by atoms with Gasteiger partial charge in [0.2, 0.25) is 5.91 Å². The third-order valence-corrected chi connectivity index (χ3v) is 4.83. The fourth-order valence-electron chi connectivity index (χ4n) is 3.67. The number of rotatable bonds is 5. The summed E-state index contributed by atoms with van der Waals surface area (Å²) in [4.78, 5) is 12.1. The number of amides is 1. The molecule has 2 aliphatic carbocycles. The Labute approximate surface area is 123 Å². The molecule has 0 spiro atoms. The van der Waals surface area contributed by atoms with E-state index in [0.717, 1.165) is 25.8 Å². The van der Waals surface area contributed by atoms with Crippen LogP contribution < -0.4 is 11.1 Å². The van der Waals surface area contributed by atoms with Gasteiger partial charge >= 0.3 is 0 Å². The summed E-state index contributed by atoms with van der Waals surface area (Å²) in [5.41, 5.74) is 5.87. The van der Waals surface area contributed by atoms with E-state index in [1.165, 1.54) is 32.1 Å². The number of hydrogen-bond acceptors (Lipinski definition) is 2. The highest BCUT2D eigenvalue weighted by Crippen LogP contribution is 2.42. The first-order valence-electron chi connectivity index (χ1n) is 7.53. The molecule has 0 aliphatic heterocycles. The minimum absolute atomic E-state index is 0. The molecule has 19 heavy (non-hydrogen) atoms. The molecule has 0 radical (unpaired) electrons. The topological polar surface area (TPSA) is 55.1 Å². The summed E-state index contributed by atoms with van der Waals surface area (Å²) in [6.07, 6.45) is 9.21. The van der Waals surface area contributed by atoms with Crippen molar-refractivity contribution in [2.24, 2.45) is 17.1 Å². The Bertz CT molecular complexity index is 307. The normalized spacial score (nSPS) is 23.6. The van der Waals surface area contributed by atoms with Crippen molar-refractivity contribution in [2.45, 2.75) is 70.8 Å². The van der Waals surface area contributed by atoms with Gasteiger partial charge in [0.1, 0.15) is 0 Å². The van der Waals surface area contributed by atoms with E-state index in [4.69, 9.17) is 5.73 Å². The molecule has 3 nitrogen and oxygen atoms in total. The third kappa shape index (κ3) is 3.85. The largest absolute Gasteiger partial charge is 0.354 e. The summed E-state index contributed by atoms with van der Waals surface area (Å²) < 4.78 is 0. The Morgan fingerprint density at radius 1 is 1.16 bits per heavy atom. The van der Waals surface area contributed by atoms with Crippen LogP contribution in [0.5, 0.6) is 0 Å². The van der Waals surface area contributed by atoms with E-state index in [9.17, 15) is 4.79 Å². The number of nitrogens with one attached hydrogen (secondary N) is 1. The Morgan fingerprint density at radius 2 is 1.74 bits per heavy atom. The van der Waals surface area contributed by atoms with Crippen LogP contribution in [-0.4, -0.2) is 18.0 Å². The second-order valence-corrected chi connectivity index (χ2v) is 7.00. The first-order valence-corrected chi connectivity index (χ1v) is 7.53. The highest BCUT2D eigenvalue weighted by atomic mass is 35.5. The monoisotopic (exact) mass is 288 g/mol. The fraction of sp³-hybridized carbons (Fsp3) is 0.933. The van der Waals surface area contributed by atoms with Crippen LogP contribution in [0, 0.1) is 11.3 Å². The first kappa shape index (κ1) is 16.8. The molecule has 0 atom stereocenters. The van der Waals surface area contributed by atoms with E-state index in [1.54, 1.807) is 0 Å². The van der Waals surface area contributed by atoms with E-state index in [0.29, 0.717) is 11.3 Å². The lowest BCUT2D eigenvalue weighted by atomic mass is 9.75. The van der Waals surface area contributed by atoms with E-state index < -0.39 is 5.54 Å². The van der Waals surface area contributed by atoms with Crippen molar-refractivity contribution < 1.29 is 4.79 Å². The van der Waals surface area contributed by atoms with Crippen LogP contribution in [0.4, 0.5) is 0 Å². The van der Waals surface area contributed by atoms with Crippen LogP contribution >= 0.6 is 12.4 Å². The van der Waals surface area contributed by atoms with Gasteiger partial charge in [-0.15, -0.1) is 12.4 Å². The predicted octanol–water partition coefficient (Wildman–Crippen LogP) is 3.01. The second kappa shape index (κ2) is 6.45. The molecule has 1 amide bonds. The van der Waals surface area contributed by atoms with Crippen LogP contribution in [0.1, 0.15) is 65.2 Å². The zero-order valence-electron chi connectivity index (χ0n) is 12.3. The molecule has 4 heteroatoms. The number of carbonyl (C=O) groups excluding carboxylic acids is 1. The van der Waals surface area contributed by atoms with Crippen LogP contribution in [0.15, 0.2) is 0 Å². The summed E-state index contributed by atoms with van der Waals surface area (Å²) in [6, 6.07) is 0. The van der Waals surface area contributed by atoms with Gasteiger partial charge in [-0.1, -0.05) is 26.7 Å². The molecular weight excluding hydrogens is 260 g/mol. The van der Waals surface area contributed by atoms with Gasteiger partial charge in [-0.3, -0.25) is 4.79 Å². The van der Waals surface area contributed by atoms with Crippen molar-refractivity contribution in [2.75, 3.05) is 6.54 Å². The van der Waals surface area contributed by atoms with Gasteiger partial charge < -0.3 is 11.1 Å². The molecule has 2 aliphatic rings. The molecular formula is C15H29ClN2O. The lowest BCUT2D eigenvalue weighted by Gasteiger charge is -2.38. The fourth-order valence-corrected chi connectivity index (χ4v) is 3.67. The van der Waals surface area contributed by atoms with Crippen LogP contribution in [0.2, 0.25) is 0 Å². The average Bonchev–Trinajstić information content (AvgIpc) is 2.70. The minimum atomic E-state index is -0.544. The van der Waals surface area contributed by atoms with E-state index >= 15 is 0 Å². The molecule has 2 fully saturated rings. The van der Waals surface area contributed by atoms with Gasteiger partial charge in [0.25, 0.3) is 0 Å². The standard InChI is InChI=1S/C15H28N2O.ClH/c1-12(2)10-14(6-3-4-7-14)11-17-13(18)15(16)8-5-9-15;/h12H,3-11,16H2,1-2H3,(H,17,18);1H. The molecule has 0 aromatic heterocycles. The molecule has 112 valence electrons. The molecule has 0 aromatic rings. The number of carbonyl (C=O) groups is 1. The zero-order valence-corrected chi connectivity index (χ0v) is 13.2. The quantitative estimate of drug-likeness (QED) is 0.817. The van der Waals surface area contributed by atoms with Crippen LogP contribution in [0.25, 0.3) is 0 Å². The molecule has 0 saturated heterocycles. The Hall–Kier alpha value is -0.280. The van der Waals surface area contributed by atoms with Gasteiger partial charge in [-0.2, -0.15) is 0 Å². The van der Waals surface area contributed by atoms with Crippen molar-refractivity contribution in [3.63, 3.8) is 0 Å². The average molecular weight is 289 g/mol. The van der Waals surface area contributed by atoms with Crippen molar-refractivity contribution >= 4 is 18.3 Å². The van der Waals surface area contributed by atoms with Gasteiger partial charge in [0, 0.05) is 6.54 Å². The van der Waals surface area contributed by atoms with Crippen LogP contribution in [-0.2, 0) is 4.79 Å². The second-order valence-electron chi connectivity index (χ2n) is 7.00. The van der Waals surface area contributed by atoms with Crippen molar-refractivity contribution in [1.29, 1.82) is 0 Å². The highest BCUT2D eigenvalue weighted by molar-refractivity contribution is 5.87. The molecule has 0 heterocycles. The molecule has 2 saturated carbocycles. The summed E-state index contributed by atoms with van der Waals surface area (Å²) in [7, 11) is 0. The zero-order chi connectivity index (χ0) is 13.2. The number of hydrogen-bond donors (Lipinski definition) is 2. The van der Waals surface area contributed by atoms with Crippen molar-refractivity contribution in [1.82, 2.24) is 5.32 Å². The summed E-state index contributed by atoms with van der Waals surface area (Å²) >= 11 is 0. The first-order chi connectivity index (χ1) is 8.46. The predicted molar refractivity (Wildman–Crippen MR) is 81.4 cm³/mol. The molecule has 2 rings (SSSR count). The van der Waals surface area contributed by atoms with Gasteiger partial charge in [-0.25, -0.2) is 0 Å². The van der Waals surface area contributed by atoms with Crippen molar-refractivity contribution in [3.8, 4) is 0 Å². The SMILES string of the molecule is CC(C)CC1(CNC(=O)C2(N)CCC2)CCCC1.Cl. The summed E-state index contributed by atoms with van der Waals surface area (Å²) in [5.74, 6) is 0.791. The number of nitrogens with two attached hydrogens (primary N) is 1. The van der Waals surface area contributed by atoms with Gasteiger partial charge in [-0.05, 0) is 49.9 Å². The maximum Gasteiger partial charge on any atom is 0.240 e. The highest BCUT2D eigenvalue weighted by Gasteiger charge is 2.41. The van der Waals surface area contributed by atoms with E-state index in [-0.39, 0.29) is 18.3 Å². The maximum atomic E-state index is 12.1. The lowest BCUT2D eigenvalue weighted by molar-refractivity contribution is -0.129. The maximum absolute atomic E-state index is 12.1. The van der Waals surface area contributed by atoms with E-state index in [2.05, 4.69) is 19.2 Å². The smallest absolute Gasteiger partial charge is 0.240 e. The molecule has 0 bridgehead atoms.